The number of aromatic nitrogens is 3. The van der Waals surface area contributed by atoms with Gasteiger partial charge in [0.25, 0.3) is 5.82 Å². The van der Waals surface area contributed by atoms with Gasteiger partial charge in [-0.3, -0.25) is 0 Å². The number of aliphatic hydroxyl groups is 1. The maximum Gasteiger partial charge on any atom is 0.378 e. The number of nitrogens with zero attached hydrogens (tertiary/aromatic N) is 3. The predicted molar refractivity (Wildman–Crippen MR) is 59.4 cm³/mol. The molecule has 0 fully saturated rings. The van der Waals surface area contributed by atoms with Gasteiger partial charge in [-0.15, -0.1) is 5.10 Å². The first-order valence-corrected chi connectivity index (χ1v) is 5.86. The molecule has 1 unspecified atom stereocenters. The third-order valence-electron chi connectivity index (χ3n) is 2.96. The van der Waals surface area contributed by atoms with Crippen LogP contribution in [-0.2, 0) is 4.74 Å². The Morgan fingerprint density at radius 1 is 1.65 bits per heavy atom. The zero-order chi connectivity index (χ0) is 12.6. The molecule has 1 aliphatic heterocycles. The second-order valence-corrected chi connectivity index (χ2v) is 4.52. The van der Waals surface area contributed by atoms with Gasteiger partial charge in [-0.1, -0.05) is 13.8 Å². The zero-order valence-corrected chi connectivity index (χ0v) is 10.3. The minimum Gasteiger partial charge on any atom is -0.460 e. The first-order chi connectivity index (χ1) is 8.04. The molecule has 1 aromatic rings. The quantitative estimate of drug-likeness (QED) is 0.799. The van der Waals surface area contributed by atoms with E-state index < -0.39 is 12.1 Å². The summed E-state index contributed by atoms with van der Waals surface area (Å²) in [6.45, 7) is 6.13. The summed E-state index contributed by atoms with van der Waals surface area (Å²) in [7, 11) is 0. The summed E-state index contributed by atoms with van der Waals surface area (Å²) in [6.07, 6.45) is -0.0334. The molecular formula is C11H17N3O3. The Morgan fingerprint density at radius 2 is 2.35 bits per heavy atom. The van der Waals surface area contributed by atoms with E-state index in [9.17, 15) is 9.90 Å². The maximum absolute atomic E-state index is 11.5. The monoisotopic (exact) mass is 239 g/mol. The van der Waals surface area contributed by atoms with Gasteiger partial charge in [0.1, 0.15) is 6.10 Å². The van der Waals surface area contributed by atoms with E-state index in [1.54, 1.807) is 11.6 Å². The van der Waals surface area contributed by atoms with E-state index in [0.717, 1.165) is 0 Å². The minimum absolute atomic E-state index is 0.0336. The van der Waals surface area contributed by atoms with Crippen molar-refractivity contribution in [2.75, 3.05) is 6.61 Å². The fraction of sp³-hybridized carbons (Fsp3) is 0.727. The third-order valence-corrected chi connectivity index (χ3v) is 2.96. The Morgan fingerprint density at radius 3 is 2.94 bits per heavy atom. The van der Waals surface area contributed by atoms with Crippen LogP contribution in [0.5, 0.6) is 0 Å². The molecule has 1 aliphatic rings. The first kappa shape index (κ1) is 12.0. The number of hydrogen-bond acceptors (Lipinski definition) is 5. The molecule has 0 spiro atoms. The van der Waals surface area contributed by atoms with Gasteiger partial charge in [0.2, 0.25) is 0 Å². The summed E-state index contributed by atoms with van der Waals surface area (Å²) in [5.74, 6) is 0.296. The molecule has 0 bridgehead atoms. The minimum atomic E-state index is -0.641. The van der Waals surface area contributed by atoms with Crippen LogP contribution < -0.4 is 0 Å². The molecule has 0 aromatic carbocycles. The van der Waals surface area contributed by atoms with Crippen LogP contribution in [0.1, 0.15) is 55.8 Å². The number of ether oxygens (including phenoxy) is 1. The van der Waals surface area contributed by atoms with Gasteiger partial charge in [0.15, 0.2) is 5.82 Å². The molecule has 0 aliphatic carbocycles. The lowest BCUT2D eigenvalue weighted by molar-refractivity contribution is 0.0510. The summed E-state index contributed by atoms with van der Waals surface area (Å²) >= 11 is 0. The van der Waals surface area contributed by atoms with Crippen LogP contribution in [0.15, 0.2) is 0 Å². The largest absolute Gasteiger partial charge is 0.460 e. The van der Waals surface area contributed by atoms with Crippen molar-refractivity contribution in [2.24, 2.45) is 5.92 Å². The summed E-state index contributed by atoms with van der Waals surface area (Å²) < 4.78 is 6.49. The average molecular weight is 239 g/mol. The third kappa shape index (κ3) is 2.04. The van der Waals surface area contributed by atoms with Crippen LogP contribution in [0, 0.1) is 5.92 Å². The summed E-state index contributed by atoms with van der Waals surface area (Å²) in [5, 5.41) is 14.0. The van der Waals surface area contributed by atoms with Gasteiger partial charge in [0, 0.05) is 6.42 Å². The van der Waals surface area contributed by atoms with Crippen LogP contribution >= 0.6 is 0 Å². The lowest BCUT2D eigenvalue weighted by Crippen LogP contribution is -2.14. The van der Waals surface area contributed by atoms with Gasteiger partial charge in [-0.25, -0.2) is 14.5 Å². The number of carbonyl (C=O) groups excluding carboxylic acids is 1. The normalized spacial score (nSPS) is 22.9. The molecule has 0 saturated carbocycles. The van der Waals surface area contributed by atoms with E-state index in [-0.39, 0.29) is 11.9 Å². The van der Waals surface area contributed by atoms with E-state index >= 15 is 0 Å². The van der Waals surface area contributed by atoms with E-state index in [4.69, 9.17) is 4.74 Å². The van der Waals surface area contributed by atoms with Crippen LogP contribution in [0.2, 0.25) is 0 Å². The summed E-state index contributed by atoms with van der Waals surface area (Å²) in [5.41, 5.74) is 0. The smallest absolute Gasteiger partial charge is 0.378 e. The highest BCUT2D eigenvalue weighted by Crippen LogP contribution is 2.36. The second kappa shape index (κ2) is 4.44. The first-order valence-electron chi connectivity index (χ1n) is 5.86. The number of esters is 1. The number of carbonyl (C=O) groups is 1. The standard InChI is InChI=1S/C11H17N3O3/c1-4-17-11(16)9-12-10-8(15)5-7(6(2)3)14(10)13-9/h6-8,15H,4-5H2,1-3H3/t7?,8-/m0/s1. The molecule has 17 heavy (non-hydrogen) atoms. The van der Waals surface area contributed by atoms with Gasteiger partial charge < -0.3 is 9.84 Å². The van der Waals surface area contributed by atoms with Crippen molar-refractivity contribution in [3.8, 4) is 0 Å². The molecular weight excluding hydrogens is 222 g/mol. The number of fused-ring (bicyclic) bond motifs is 1. The van der Waals surface area contributed by atoms with E-state index in [1.165, 1.54) is 0 Å². The van der Waals surface area contributed by atoms with Crippen LogP contribution in [0.3, 0.4) is 0 Å². The van der Waals surface area contributed by atoms with Gasteiger partial charge in [-0.2, -0.15) is 0 Å². The van der Waals surface area contributed by atoms with E-state index in [1.807, 2.05) is 0 Å². The van der Waals surface area contributed by atoms with E-state index in [0.29, 0.717) is 24.8 Å². The molecule has 1 aromatic heterocycles. The molecule has 94 valence electrons. The fourth-order valence-corrected chi connectivity index (χ4v) is 2.08. The number of hydrogen-bond donors (Lipinski definition) is 1. The Labute approximate surface area is 99.6 Å². The van der Waals surface area contributed by atoms with Crippen molar-refractivity contribution >= 4 is 5.97 Å². The van der Waals surface area contributed by atoms with Gasteiger partial charge in [0.05, 0.1) is 12.6 Å². The molecule has 1 N–H and O–H groups in total. The lowest BCUT2D eigenvalue weighted by atomic mass is 10.0. The zero-order valence-electron chi connectivity index (χ0n) is 10.3. The Bertz CT molecular complexity index is 428. The summed E-state index contributed by atoms with van der Waals surface area (Å²) in [4.78, 5) is 15.5. The SMILES string of the molecule is CCOC(=O)c1nc2n(n1)C(C(C)C)C[C@@H]2O. The predicted octanol–water partition coefficient (Wildman–Crippen LogP) is 1.09. The van der Waals surface area contributed by atoms with Crippen molar-refractivity contribution in [1.82, 2.24) is 14.8 Å². The highest BCUT2D eigenvalue weighted by Gasteiger charge is 2.35. The summed E-state index contributed by atoms with van der Waals surface area (Å²) in [6, 6.07) is 0.0932. The van der Waals surface area contributed by atoms with Gasteiger partial charge in [-0.05, 0) is 12.8 Å². The molecule has 0 radical (unpaired) electrons. The Hall–Kier alpha value is -1.43. The molecule has 6 heteroatoms. The fourth-order valence-electron chi connectivity index (χ4n) is 2.08. The molecule has 0 saturated heterocycles. The Kier molecular flexibility index (Phi) is 3.15. The number of aliphatic hydroxyl groups excluding tert-OH is 1. The molecule has 6 nitrogen and oxygen atoms in total. The van der Waals surface area contributed by atoms with Gasteiger partial charge >= 0.3 is 5.97 Å². The molecule has 2 heterocycles. The van der Waals surface area contributed by atoms with Crippen LogP contribution in [0.25, 0.3) is 0 Å². The lowest BCUT2D eigenvalue weighted by Gasteiger charge is -2.14. The average Bonchev–Trinajstić information content (AvgIpc) is 2.80. The van der Waals surface area contributed by atoms with Crippen molar-refractivity contribution in [1.29, 1.82) is 0 Å². The number of rotatable bonds is 3. The highest BCUT2D eigenvalue weighted by atomic mass is 16.5. The molecule has 0 amide bonds. The maximum atomic E-state index is 11.5. The van der Waals surface area contributed by atoms with Crippen molar-refractivity contribution < 1.29 is 14.6 Å². The topological polar surface area (TPSA) is 77.2 Å². The van der Waals surface area contributed by atoms with Crippen molar-refractivity contribution in [3.63, 3.8) is 0 Å². The Balaban J connectivity index is 2.29. The second-order valence-electron chi connectivity index (χ2n) is 4.52. The molecule has 2 atom stereocenters. The van der Waals surface area contributed by atoms with Crippen molar-refractivity contribution in [2.45, 2.75) is 39.3 Å². The van der Waals surface area contributed by atoms with Crippen LogP contribution in [-0.4, -0.2) is 32.4 Å². The highest BCUT2D eigenvalue weighted by molar-refractivity contribution is 5.85. The van der Waals surface area contributed by atoms with E-state index in [2.05, 4.69) is 23.9 Å². The van der Waals surface area contributed by atoms with Crippen LogP contribution in [0.4, 0.5) is 0 Å². The van der Waals surface area contributed by atoms with Crippen molar-refractivity contribution in [3.05, 3.63) is 11.6 Å². The molecule has 2 rings (SSSR count).